The van der Waals surface area contributed by atoms with Crippen LogP contribution >= 0.6 is 0 Å². The number of para-hydroxylation sites is 1. The summed E-state index contributed by atoms with van der Waals surface area (Å²) in [6.45, 7) is 3.51. The molecule has 0 amide bonds. The third-order valence-corrected chi connectivity index (χ3v) is 5.04. The second-order valence-electron chi connectivity index (χ2n) is 6.22. The third-order valence-electron chi connectivity index (χ3n) is 5.04. The van der Waals surface area contributed by atoms with Gasteiger partial charge in [-0.05, 0) is 30.2 Å². The van der Waals surface area contributed by atoms with E-state index in [-0.39, 0.29) is 5.41 Å². The molecule has 1 fully saturated rings. The van der Waals surface area contributed by atoms with Crippen LogP contribution in [-0.4, -0.2) is 6.54 Å². The average molecular weight is 264 g/mol. The summed E-state index contributed by atoms with van der Waals surface area (Å²) in [6, 6.07) is 20.4. The lowest BCUT2D eigenvalue weighted by atomic mass is 9.68. The maximum absolute atomic E-state index is 3.79. The van der Waals surface area contributed by atoms with E-state index in [9.17, 15) is 0 Å². The molecule has 0 unspecified atom stereocenters. The summed E-state index contributed by atoms with van der Waals surface area (Å²) in [5.41, 5.74) is 4.31. The molecular formula is C18H20N2. The Balaban J connectivity index is 1.85. The predicted molar refractivity (Wildman–Crippen MR) is 82.7 cm³/mol. The van der Waals surface area contributed by atoms with Crippen molar-refractivity contribution in [3.63, 3.8) is 0 Å². The summed E-state index contributed by atoms with van der Waals surface area (Å²) in [5, 5.41) is 7.50. The Morgan fingerprint density at radius 1 is 0.950 bits per heavy atom. The summed E-state index contributed by atoms with van der Waals surface area (Å²) in [4.78, 5) is 0. The van der Waals surface area contributed by atoms with Crippen LogP contribution in [0.4, 0.5) is 5.69 Å². The van der Waals surface area contributed by atoms with Gasteiger partial charge in [0.15, 0.2) is 0 Å². The van der Waals surface area contributed by atoms with Crippen molar-refractivity contribution in [2.45, 2.75) is 25.4 Å². The highest BCUT2D eigenvalue weighted by atomic mass is 15.1. The first-order valence-corrected chi connectivity index (χ1v) is 7.43. The molecule has 3 atom stereocenters. The molecule has 2 aliphatic rings. The topological polar surface area (TPSA) is 24.1 Å². The quantitative estimate of drug-likeness (QED) is 0.816. The van der Waals surface area contributed by atoms with Crippen LogP contribution in [0.2, 0.25) is 0 Å². The largest absolute Gasteiger partial charge is 0.377 e. The van der Waals surface area contributed by atoms with Gasteiger partial charge in [0.25, 0.3) is 0 Å². The van der Waals surface area contributed by atoms with E-state index >= 15 is 0 Å². The molecule has 2 aromatic carbocycles. The lowest BCUT2D eigenvalue weighted by Gasteiger charge is -2.45. The van der Waals surface area contributed by atoms with E-state index in [1.807, 2.05) is 0 Å². The molecule has 2 nitrogen and oxygen atoms in total. The van der Waals surface area contributed by atoms with Gasteiger partial charge in [-0.2, -0.15) is 0 Å². The number of fused-ring (bicyclic) bond motifs is 3. The van der Waals surface area contributed by atoms with Gasteiger partial charge < -0.3 is 10.6 Å². The van der Waals surface area contributed by atoms with Crippen molar-refractivity contribution in [1.82, 2.24) is 5.32 Å². The summed E-state index contributed by atoms with van der Waals surface area (Å²) in [6.07, 6.45) is 1.21. The first-order valence-electron chi connectivity index (χ1n) is 7.43. The van der Waals surface area contributed by atoms with Crippen molar-refractivity contribution >= 4 is 5.69 Å². The molecule has 2 aromatic rings. The minimum atomic E-state index is 0.232. The van der Waals surface area contributed by atoms with Gasteiger partial charge in [-0.3, -0.25) is 0 Å². The molecule has 0 aromatic heterocycles. The van der Waals surface area contributed by atoms with Gasteiger partial charge in [-0.15, -0.1) is 0 Å². The van der Waals surface area contributed by atoms with E-state index < -0.39 is 0 Å². The fourth-order valence-electron chi connectivity index (χ4n) is 3.95. The van der Waals surface area contributed by atoms with E-state index in [0.717, 1.165) is 6.54 Å². The van der Waals surface area contributed by atoms with Crippen molar-refractivity contribution in [3.8, 4) is 0 Å². The van der Waals surface area contributed by atoms with Gasteiger partial charge in [0.05, 0.1) is 6.04 Å². The van der Waals surface area contributed by atoms with Crippen LogP contribution in [0.3, 0.4) is 0 Å². The summed E-state index contributed by atoms with van der Waals surface area (Å²) >= 11 is 0. The Morgan fingerprint density at radius 2 is 1.70 bits per heavy atom. The summed E-state index contributed by atoms with van der Waals surface area (Å²) in [7, 11) is 0. The van der Waals surface area contributed by atoms with Gasteiger partial charge in [0, 0.05) is 17.1 Å². The fraction of sp³-hybridized carbons (Fsp3) is 0.333. The van der Waals surface area contributed by atoms with E-state index in [1.54, 1.807) is 0 Å². The Hall–Kier alpha value is -1.80. The molecule has 2 heterocycles. The SMILES string of the molecule is C[C@@]12CCN[C@H]1c1ccccc1N[C@H]2c1ccccc1. The molecule has 0 aliphatic carbocycles. The predicted octanol–water partition coefficient (Wildman–Crippen LogP) is 3.89. The van der Waals surface area contributed by atoms with Crippen LogP contribution in [0.5, 0.6) is 0 Å². The van der Waals surface area contributed by atoms with Crippen molar-refractivity contribution in [1.29, 1.82) is 0 Å². The summed E-state index contributed by atoms with van der Waals surface area (Å²) < 4.78 is 0. The van der Waals surface area contributed by atoms with E-state index in [0.29, 0.717) is 12.1 Å². The Labute approximate surface area is 120 Å². The molecule has 0 radical (unpaired) electrons. The molecule has 1 saturated heterocycles. The van der Waals surface area contributed by atoms with Crippen LogP contribution in [0.25, 0.3) is 0 Å². The Kier molecular flexibility index (Phi) is 2.61. The number of anilines is 1. The number of hydrogen-bond donors (Lipinski definition) is 2. The Bertz CT molecular complexity index is 622. The summed E-state index contributed by atoms with van der Waals surface area (Å²) in [5.74, 6) is 0. The lowest BCUT2D eigenvalue weighted by molar-refractivity contribution is 0.227. The van der Waals surface area contributed by atoms with Gasteiger partial charge in [-0.25, -0.2) is 0 Å². The highest BCUT2D eigenvalue weighted by Gasteiger charge is 2.49. The van der Waals surface area contributed by atoms with Crippen LogP contribution in [0.15, 0.2) is 54.6 Å². The zero-order chi connectivity index (χ0) is 13.6. The smallest absolute Gasteiger partial charge is 0.0586 e. The number of rotatable bonds is 1. The van der Waals surface area contributed by atoms with Gasteiger partial charge >= 0.3 is 0 Å². The number of hydrogen-bond acceptors (Lipinski definition) is 2. The Morgan fingerprint density at radius 3 is 2.55 bits per heavy atom. The van der Waals surface area contributed by atoms with Crippen LogP contribution in [-0.2, 0) is 0 Å². The van der Waals surface area contributed by atoms with Gasteiger partial charge in [0.1, 0.15) is 0 Å². The average Bonchev–Trinajstić information content (AvgIpc) is 2.90. The molecule has 2 N–H and O–H groups in total. The normalized spacial score (nSPS) is 31.2. The fourth-order valence-corrected chi connectivity index (χ4v) is 3.95. The third kappa shape index (κ3) is 1.61. The van der Waals surface area contributed by atoms with Crippen molar-refractivity contribution in [2.75, 3.05) is 11.9 Å². The minimum Gasteiger partial charge on any atom is -0.377 e. The van der Waals surface area contributed by atoms with Crippen LogP contribution < -0.4 is 10.6 Å². The van der Waals surface area contributed by atoms with Gasteiger partial charge in [0.2, 0.25) is 0 Å². The highest BCUT2D eigenvalue weighted by Crippen LogP contribution is 2.55. The van der Waals surface area contributed by atoms with Crippen LogP contribution in [0.1, 0.15) is 36.6 Å². The lowest BCUT2D eigenvalue weighted by Crippen LogP contribution is -2.40. The second kappa shape index (κ2) is 4.35. The molecule has 20 heavy (non-hydrogen) atoms. The zero-order valence-corrected chi connectivity index (χ0v) is 11.8. The molecule has 0 saturated carbocycles. The molecular weight excluding hydrogens is 244 g/mol. The van der Waals surface area contributed by atoms with Crippen molar-refractivity contribution in [2.24, 2.45) is 5.41 Å². The van der Waals surface area contributed by atoms with Crippen molar-refractivity contribution < 1.29 is 0 Å². The molecule has 0 spiro atoms. The van der Waals surface area contributed by atoms with Gasteiger partial charge in [-0.1, -0.05) is 55.5 Å². The van der Waals surface area contributed by atoms with Crippen LogP contribution in [0, 0.1) is 5.41 Å². The maximum atomic E-state index is 3.79. The van der Waals surface area contributed by atoms with E-state index in [2.05, 4.69) is 72.2 Å². The first kappa shape index (κ1) is 12.0. The standard InChI is InChI=1S/C18H20N2/c1-18-11-12-19-17(18)14-9-5-6-10-15(14)20-16(18)13-7-3-2-4-8-13/h2-10,16-17,19-20H,11-12H2,1H3/t16-,17-,18-/m0/s1. The molecule has 2 aliphatic heterocycles. The molecule has 4 rings (SSSR count). The number of nitrogens with one attached hydrogen (secondary N) is 2. The van der Waals surface area contributed by atoms with E-state index in [4.69, 9.17) is 0 Å². The molecule has 102 valence electrons. The monoisotopic (exact) mass is 264 g/mol. The molecule has 0 bridgehead atoms. The first-order chi connectivity index (χ1) is 9.79. The maximum Gasteiger partial charge on any atom is 0.0586 e. The second-order valence-corrected chi connectivity index (χ2v) is 6.22. The van der Waals surface area contributed by atoms with Crippen molar-refractivity contribution in [3.05, 3.63) is 65.7 Å². The molecule has 2 heteroatoms. The minimum absolute atomic E-state index is 0.232. The zero-order valence-electron chi connectivity index (χ0n) is 11.8. The highest BCUT2D eigenvalue weighted by molar-refractivity contribution is 5.58. The van der Waals surface area contributed by atoms with E-state index in [1.165, 1.54) is 23.2 Å². The number of benzene rings is 2.